The third kappa shape index (κ3) is 3.61. The van der Waals surface area contributed by atoms with Gasteiger partial charge in [0.05, 0.1) is 4.90 Å². The smallest absolute Gasteiger partial charge is 0.241 e. The topological polar surface area (TPSA) is 78.1 Å². The maximum Gasteiger partial charge on any atom is 0.241 e. The van der Waals surface area contributed by atoms with Gasteiger partial charge >= 0.3 is 0 Å². The summed E-state index contributed by atoms with van der Waals surface area (Å²) in [5.41, 5.74) is 1.81. The molecule has 1 saturated heterocycles. The first-order valence-electron chi connectivity index (χ1n) is 9.02. The molecular formula is C18H23ClN4O2S. The Bertz CT molecular complexity index is 900. The number of H-pyrrole nitrogens is 1. The number of piperidine rings is 1. The van der Waals surface area contributed by atoms with Gasteiger partial charge in [0.15, 0.2) is 5.82 Å². The maximum absolute atomic E-state index is 12.7. The molecule has 1 saturated carbocycles. The molecule has 1 aromatic carbocycles. The summed E-state index contributed by atoms with van der Waals surface area (Å²) >= 11 is 6.07. The van der Waals surface area contributed by atoms with E-state index in [1.165, 1.54) is 18.5 Å². The zero-order chi connectivity index (χ0) is 18.3. The minimum absolute atomic E-state index is 0.0727. The van der Waals surface area contributed by atoms with Gasteiger partial charge < -0.3 is 4.90 Å². The third-order valence-electron chi connectivity index (χ3n) is 5.25. The van der Waals surface area contributed by atoms with E-state index in [0.717, 1.165) is 31.7 Å². The van der Waals surface area contributed by atoms with Crippen molar-refractivity contribution in [1.82, 2.24) is 14.9 Å². The normalized spacial score (nSPS) is 19.1. The number of halogens is 1. The van der Waals surface area contributed by atoms with Crippen molar-refractivity contribution in [3.63, 3.8) is 0 Å². The number of anilines is 1. The number of benzene rings is 1. The number of sulfonamides is 1. The molecule has 1 aromatic heterocycles. The maximum atomic E-state index is 12.7. The van der Waals surface area contributed by atoms with Gasteiger partial charge in [0.25, 0.3) is 0 Å². The molecule has 0 unspecified atom stereocenters. The molecule has 0 spiro atoms. The highest BCUT2D eigenvalue weighted by Gasteiger charge is 2.29. The summed E-state index contributed by atoms with van der Waals surface area (Å²) in [7, 11) is -3.57. The van der Waals surface area contributed by atoms with E-state index in [0.29, 0.717) is 16.5 Å². The average Bonchev–Trinajstić information content (AvgIpc) is 3.35. The predicted molar refractivity (Wildman–Crippen MR) is 102 cm³/mol. The third-order valence-corrected chi connectivity index (χ3v) is 7.32. The van der Waals surface area contributed by atoms with E-state index >= 15 is 0 Å². The molecule has 6 nitrogen and oxygen atoms in total. The highest BCUT2D eigenvalue weighted by atomic mass is 35.5. The van der Waals surface area contributed by atoms with E-state index in [1.807, 2.05) is 0 Å². The van der Waals surface area contributed by atoms with E-state index in [-0.39, 0.29) is 10.9 Å². The molecule has 1 aliphatic heterocycles. The van der Waals surface area contributed by atoms with Crippen molar-refractivity contribution in [2.45, 2.75) is 49.5 Å². The van der Waals surface area contributed by atoms with Gasteiger partial charge in [0.2, 0.25) is 10.0 Å². The molecule has 0 bridgehead atoms. The van der Waals surface area contributed by atoms with Gasteiger partial charge in [-0.1, -0.05) is 17.7 Å². The van der Waals surface area contributed by atoms with Gasteiger partial charge in [-0.25, -0.2) is 13.1 Å². The van der Waals surface area contributed by atoms with Crippen LogP contribution in [-0.2, 0) is 10.0 Å². The SMILES string of the molecule is Cc1c(Cl)cccc1S(=O)(=O)NC1CCN(c2cc(C3CC3)[nH]n2)CC1. The van der Waals surface area contributed by atoms with Crippen LogP contribution in [0.15, 0.2) is 29.2 Å². The highest BCUT2D eigenvalue weighted by Crippen LogP contribution is 2.40. The fraction of sp³-hybridized carbons (Fsp3) is 0.500. The van der Waals surface area contributed by atoms with Gasteiger partial charge in [0, 0.05) is 41.8 Å². The molecule has 2 N–H and O–H groups in total. The number of hydrogen-bond acceptors (Lipinski definition) is 4. The van der Waals surface area contributed by atoms with E-state index in [9.17, 15) is 8.42 Å². The summed E-state index contributed by atoms with van der Waals surface area (Å²) in [6.07, 6.45) is 4.00. The van der Waals surface area contributed by atoms with Crippen molar-refractivity contribution in [2.24, 2.45) is 0 Å². The molecule has 0 radical (unpaired) electrons. The lowest BCUT2D eigenvalue weighted by molar-refractivity contribution is 0.458. The molecule has 0 atom stereocenters. The number of rotatable bonds is 5. The first-order valence-corrected chi connectivity index (χ1v) is 10.9. The molecule has 8 heteroatoms. The van der Waals surface area contributed by atoms with Crippen molar-refractivity contribution in [2.75, 3.05) is 18.0 Å². The number of aromatic amines is 1. The molecule has 26 heavy (non-hydrogen) atoms. The molecule has 2 aliphatic rings. The summed E-state index contributed by atoms with van der Waals surface area (Å²) in [6, 6.07) is 7.03. The molecule has 140 valence electrons. The van der Waals surface area contributed by atoms with Gasteiger partial charge in [0.1, 0.15) is 0 Å². The van der Waals surface area contributed by atoms with Crippen molar-refractivity contribution in [1.29, 1.82) is 0 Å². The fourth-order valence-corrected chi connectivity index (χ4v) is 5.28. The molecule has 1 aliphatic carbocycles. The Morgan fingerprint density at radius 3 is 2.65 bits per heavy atom. The van der Waals surface area contributed by atoms with Gasteiger partial charge in [-0.3, -0.25) is 5.10 Å². The monoisotopic (exact) mass is 394 g/mol. The van der Waals surface area contributed by atoms with Gasteiger partial charge in [-0.05, 0) is 50.3 Å². The van der Waals surface area contributed by atoms with Crippen LogP contribution >= 0.6 is 11.6 Å². The molecular weight excluding hydrogens is 372 g/mol. The Morgan fingerprint density at radius 1 is 1.23 bits per heavy atom. The van der Waals surface area contributed by atoms with Crippen LogP contribution in [0.25, 0.3) is 0 Å². The minimum Gasteiger partial charge on any atom is -0.355 e. The number of nitrogens with zero attached hydrogens (tertiary/aromatic N) is 2. The number of hydrogen-bond donors (Lipinski definition) is 2. The second-order valence-electron chi connectivity index (χ2n) is 7.20. The van der Waals surface area contributed by atoms with E-state index < -0.39 is 10.0 Å². The van der Waals surface area contributed by atoms with Crippen LogP contribution in [0.4, 0.5) is 5.82 Å². The minimum atomic E-state index is -3.57. The molecule has 2 heterocycles. The zero-order valence-corrected chi connectivity index (χ0v) is 16.3. The van der Waals surface area contributed by atoms with Crippen LogP contribution in [-0.4, -0.2) is 37.7 Å². The quantitative estimate of drug-likeness (QED) is 0.816. The van der Waals surface area contributed by atoms with Crippen molar-refractivity contribution >= 4 is 27.4 Å². The highest BCUT2D eigenvalue weighted by molar-refractivity contribution is 7.89. The second-order valence-corrected chi connectivity index (χ2v) is 9.29. The fourth-order valence-electron chi connectivity index (χ4n) is 3.48. The van der Waals surface area contributed by atoms with Crippen LogP contribution in [0.3, 0.4) is 0 Å². The summed E-state index contributed by atoms with van der Waals surface area (Å²) in [4.78, 5) is 2.48. The van der Waals surface area contributed by atoms with E-state index in [1.54, 1.807) is 25.1 Å². The Kier molecular flexibility index (Phi) is 4.71. The predicted octanol–water partition coefficient (Wildman–Crippen LogP) is 3.20. The molecule has 0 amide bonds. The van der Waals surface area contributed by atoms with Crippen molar-refractivity contribution in [3.8, 4) is 0 Å². The standard InChI is InChI=1S/C18H23ClN4O2S/c1-12-15(19)3-2-4-17(12)26(24,25)22-14-7-9-23(10-8-14)18-11-16(20-21-18)13-5-6-13/h2-4,11,13-14,22H,5-10H2,1H3,(H,20,21). The Hall–Kier alpha value is -1.57. The van der Waals surface area contributed by atoms with Crippen LogP contribution in [0.2, 0.25) is 5.02 Å². The van der Waals surface area contributed by atoms with Crippen LogP contribution < -0.4 is 9.62 Å². The largest absolute Gasteiger partial charge is 0.355 e. The Morgan fingerprint density at radius 2 is 1.96 bits per heavy atom. The molecule has 2 aromatic rings. The molecule has 4 rings (SSSR count). The van der Waals surface area contributed by atoms with Crippen molar-refractivity contribution in [3.05, 3.63) is 40.5 Å². The van der Waals surface area contributed by atoms with Gasteiger partial charge in [-0.15, -0.1) is 0 Å². The molecule has 2 fully saturated rings. The first-order chi connectivity index (χ1) is 12.4. The number of aromatic nitrogens is 2. The first kappa shape index (κ1) is 17.8. The van der Waals surface area contributed by atoms with Crippen molar-refractivity contribution < 1.29 is 8.42 Å². The Labute approximate surface area is 159 Å². The summed E-state index contributed by atoms with van der Waals surface area (Å²) in [5, 5.41) is 8.01. The lowest BCUT2D eigenvalue weighted by Crippen LogP contribution is -2.44. The van der Waals surface area contributed by atoms with Crippen LogP contribution in [0.1, 0.15) is 42.9 Å². The van der Waals surface area contributed by atoms with Crippen LogP contribution in [0, 0.1) is 6.92 Å². The average molecular weight is 395 g/mol. The lowest BCUT2D eigenvalue weighted by atomic mass is 10.1. The van der Waals surface area contributed by atoms with Gasteiger partial charge in [-0.2, -0.15) is 5.10 Å². The summed E-state index contributed by atoms with van der Waals surface area (Å²) < 4.78 is 28.3. The summed E-state index contributed by atoms with van der Waals surface area (Å²) in [5.74, 6) is 1.63. The van der Waals surface area contributed by atoms with E-state index in [4.69, 9.17) is 11.6 Å². The lowest BCUT2D eigenvalue weighted by Gasteiger charge is -2.32. The second kappa shape index (κ2) is 6.87. The number of nitrogens with one attached hydrogen (secondary N) is 2. The van der Waals surface area contributed by atoms with E-state index in [2.05, 4.69) is 25.9 Å². The summed E-state index contributed by atoms with van der Waals surface area (Å²) in [6.45, 7) is 3.31. The van der Waals surface area contributed by atoms with Crippen LogP contribution in [0.5, 0.6) is 0 Å². The Balaban J connectivity index is 1.39. The zero-order valence-electron chi connectivity index (χ0n) is 14.7.